The molecule has 5 amide bonds. The fourth-order valence-electron chi connectivity index (χ4n) is 11.6. The van der Waals surface area contributed by atoms with Crippen LogP contribution >= 0.6 is 11.6 Å². The first-order valence-corrected chi connectivity index (χ1v) is 22.3. The summed E-state index contributed by atoms with van der Waals surface area (Å²) in [6.45, 7) is 15.6. The molecular formula is C47H53ClN8O7. The largest absolute Gasteiger partial charge is 0.490 e. The number of carbonyl (C=O) groups is 5. The van der Waals surface area contributed by atoms with E-state index in [9.17, 15) is 29.2 Å². The normalized spacial score (nSPS) is 26.6. The molecule has 0 radical (unpaired) electrons. The number of nitrogens with one attached hydrogen (secondary N) is 2. The molecule has 1 spiro atoms. The van der Waals surface area contributed by atoms with Gasteiger partial charge in [0.1, 0.15) is 35.8 Å². The Kier molecular flexibility index (Phi) is 10.6. The maximum Gasteiger partial charge on any atom is 0.262 e. The minimum Gasteiger partial charge on any atom is -0.490 e. The summed E-state index contributed by atoms with van der Waals surface area (Å²) < 4.78 is 12.7. The molecular weight excluding hydrogens is 824 g/mol. The van der Waals surface area contributed by atoms with Crippen LogP contribution < -0.4 is 25.0 Å². The summed E-state index contributed by atoms with van der Waals surface area (Å²) in [4.78, 5) is 78.9. The smallest absolute Gasteiger partial charge is 0.262 e. The second-order valence-corrected chi connectivity index (χ2v) is 20.4. The third-order valence-corrected chi connectivity index (χ3v) is 14.8. The van der Waals surface area contributed by atoms with Crippen molar-refractivity contribution in [3.05, 3.63) is 76.1 Å². The molecule has 2 saturated heterocycles. The van der Waals surface area contributed by atoms with E-state index in [0.717, 1.165) is 50.2 Å². The van der Waals surface area contributed by atoms with Gasteiger partial charge in [-0.25, -0.2) is 9.97 Å². The monoisotopic (exact) mass is 876 g/mol. The van der Waals surface area contributed by atoms with Gasteiger partial charge < -0.3 is 19.7 Å². The molecule has 15 nitrogen and oxygen atoms in total. The van der Waals surface area contributed by atoms with Gasteiger partial charge in [0.2, 0.25) is 17.8 Å². The van der Waals surface area contributed by atoms with Crippen LogP contribution in [0.4, 0.5) is 5.95 Å². The minimum absolute atomic E-state index is 0.0106. The Morgan fingerprint density at radius 1 is 0.968 bits per heavy atom. The Hall–Kier alpha value is -5.59. The van der Waals surface area contributed by atoms with Gasteiger partial charge in [0.25, 0.3) is 17.7 Å². The van der Waals surface area contributed by atoms with Crippen molar-refractivity contribution in [2.45, 2.75) is 116 Å². The molecule has 3 aromatic rings. The Morgan fingerprint density at radius 2 is 1.62 bits per heavy atom. The molecule has 9 rings (SSSR count). The van der Waals surface area contributed by atoms with Crippen LogP contribution in [0.3, 0.4) is 0 Å². The van der Waals surface area contributed by atoms with Crippen LogP contribution in [0.25, 0.3) is 0 Å². The lowest BCUT2D eigenvalue weighted by Gasteiger charge is -2.63. The number of hydrogen-bond acceptors (Lipinski definition) is 12. The van der Waals surface area contributed by atoms with Crippen molar-refractivity contribution in [3.8, 4) is 17.6 Å². The number of halogens is 1. The van der Waals surface area contributed by atoms with Gasteiger partial charge in [0.15, 0.2) is 0 Å². The van der Waals surface area contributed by atoms with Gasteiger partial charge in [-0.05, 0) is 69.4 Å². The molecule has 330 valence electrons. The van der Waals surface area contributed by atoms with Crippen LogP contribution in [-0.4, -0.2) is 105 Å². The summed E-state index contributed by atoms with van der Waals surface area (Å²) in [6, 6.07) is 11.6. The van der Waals surface area contributed by atoms with E-state index in [4.69, 9.17) is 21.1 Å². The second kappa shape index (κ2) is 15.6. The zero-order valence-electron chi connectivity index (χ0n) is 36.4. The number of ether oxygens (including phenoxy) is 2. The van der Waals surface area contributed by atoms with Crippen LogP contribution in [0.2, 0.25) is 5.02 Å². The number of hydrogen-bond donors (Lipinski definition) is 2. The highest BCUT2D eigenvalue weighted by Crippen LogP contribution is 2.56. The molecule has 2 aromatic carbocycles. The van der Waals surface area contributed by atoms with E-state index in [2.05, 4.69) is 78.0 Å². The zero-order valence-corrected chi connectivity index (χ0v) is 37.2. The molecule has 3 saturated carbocycles. The predicted octanol–water partition coefficient (Wildman–Crippen LogP) is 5.55. The van der Waals surface area contributed by atoms with Crippen molar-refractivity contribution >= 4 is 47.1 Å². The van der Waals surface area contributed by atoms with Crippen LogP contribution in [0.15, 0.2) is 48.8 Å². The molecule has 6 aliphatic rings. The molecule has 16 heteroatoms. The Labute approximate surface area is 371 Å². The van der Waals surface area contributed by atoms with E-state index in [1.54, 1.807) is 48.8 Å². The zero-order chi connectivity index (χ0) is 44.7. The number of anilines is 1. The first-order valence-electron chi connectivity index (χ1n) is 21.9. The van der Waals surface area contributed by atoms with Crippen molar-refractivity contribution in [1.29, 1.82) is 5.26 Å². The van der Waals surface area contributed by atoms with Crippen LogP contribution in [0, 0.1) is 33.5 Å². The van der Waals surface area contributed by atoms with Gasteiger partial charge in [-0.15, -0.1) is 0 Å². The number of nitrogens with zero attached hydrogens (tertiary/aromatic N) is 6. The molecule has 0 unspecified atom stereocenters. The minimum atomic E-state index is -1.00. The van der Waals surface area contributed by atoms with E-state index >= 15 is 0 Å². The quantitative estimate of drug-likeness (QED) is 0.217. The number of rotatable bonds is 12. The molecule has 1 aromatic heterocycles. The highest BCUT2D eigenvalue weighted by Gasteiger charge is 2.64. The average molecular weight is 877 g/mol. The number of imide groups is 2. The fraction of sp³-hybridized carbons (Fsp3) is 0.532. The summed E-state index contributed by atoms with van der Waals surface area (Å²) in [5, 5.41) is 15.0. The number of aromatic nitrogens is 2. The predicted molar refractivity (Wildman–Crippen MR) is 231 cm³/mol. The van der Waals surface area contributed by atoms with Gasteiger partial charge in [0, 0.05) is 91.7 Å². The molecule has 2 N–H and O–H groups in total. The standard InChI is InChI=1S/C47H53ClN8O7/c1-25(2)55(29-13-32(14-29)62-30-9-10-33-34(15-30)41(61)56(40(33)60)36-11-12-37(57)52-39(36)59)22-26-17-47(18-26)23-54(24-47)44-50-20-28(21-51-44)38(58)53-42-45(3,4)43(46(42,5)6)63-31-8-7-27(19-49)35(48)16-31/h7-10,15-16,20-21,25-26,29,32,36,42-43H,11-14,17-18,22-24H2,1-6H3,(H,53,58)(H,52,57,59)/t29?,32?,36-,42?,43?/m1/s1. The van der Waals surface area contributed by atoms with Gasteiger partial charge in [-0.3, -0.25) is 39.1 Å². The molecule has 4 heterocycles. The number of benzene rings is 2. The number of piperidine rings is 1. The summed E-state index contributed by atoms with van der Waals surface area (Å²) in [7, 11) is 0. The Balaban J connectivity index is 0.721. The molecule has 3 aliphatic heterocycles. The molecule has 3 aliphatic carbocycles. The van der Waals surface area contributed by atoms with E-state index in [1.165, 1.54) is 0 Å². The van der Waals surface area contributed by atoms with Gasteiger partial charge in [-0.1, -0.05) is 39.3 Å². The van der Waals surface area contributed by atoms with Gasteiger partial charge in [-0.2, -0.15) is 5.26 Å². The number of nitriles is 1. The molecule has 63 heavy (non-hydrogen) atoms. The summed E-state index contributed by atoms with van der Waals surface area (Å²) in [5.74, 6) is -0.00651. The van der Waals surface area contributed by atoms with Gasteiger partial charge >= 0.3 is 0 Å². The lowest BCUT2D eigenvalue weighted by atomic mass is 9.49. The maximum atomic E-state index is 13.5. The number of fused-ring (bicyclic) bond motifs is 1. The van der Waals surface area contributed by atoms with E-state index < -0.39 is 40.5 Å². The van der Waals surface area contributed by atoms with Crippen molar-refractivity contribution < 1.29 is 33.4 Å². The van der Waals surface area contributed by atoms with Crippen molar-refractivity contribution in [2.75, 3.05) is 24.5 Å². The third kappa shape index (κ3) is 7.48. The second-order valence-electron chi connectivity index (χ2n) is 20.0. The maximum absolute atomic E-state index is 13.5. The number of amides is 5. The van der Waals surface area contributed by atoms with E-state index in [-0.39, 0.29) is 53.5 Å². The van der Waals surface area contributed by atoms with Crippen molar-refractivity contribution in [3.63, 3.8) is 0 Å². The third-order valence-electron chi connectivity index (χ3n) is 14.5. The molecule has 5 fully saturated rings. The SMILES string of the molecule is CC(C)N(CC1CC2(C1)CN(c1ncc(C(=O)NC3C(C)(C)C(Oc4ccc(C#N)c(Cl)c4)C3(C)C)cn1)C2)C1CC(Oc2ccc3c(c2)C(=O)N([C@@H]2CCC(=O)NC2=O)C3=O)C1. The highest BCUT2D eigenvalue weighted by molar-refractivity contribution is 6.31. The van der Waals surface area contributed by atoms with E-state index in [1.807, 2.05) is 0 Å². The first kappa shape index (κ1) is 42.7. The fourth-order valence-corrected chi connectivity index (χ4v) is 11.8. The Morgan fingerprint density at radius 3 is 2.25 bits per heavy atom. The topological polar surface area (TPSA) is 187 Å². The lowest BCUT2D eigenvalue weighted by Crippen LogP contribution is -2.74. The van der Waals surface area contributed by atoms with E-state index in [0.29, 0.717) is 51.6 Å². The summed E-state index contributed by atoms with van der Waals surface area (Å²) >= 11 is 6.25. The van der Waals surface area contributed by atoms with Crippen molar-refractivity contribution in [2.24, 2.45) is 22.2 Å². The average Bonchev–Trinajstić information content (AvgIpc) is 3.44. The van der Waals surface area contributed by atoms with Crippen LogP contribution in [0.5, 0.6) is 11.5 Å². The Bertz CT molecular complexity index is 2410. The van der Waals surface area contributed by atoms with Gasteiger partial charge in [0.05, 0.1) is 27.3 Å². The highest BCUT2D eigenvalue weighted by atomic mass is 35.5. The summed E-state index contributed by atoms with van der Waals surface area (Å²) in [5.41, 5.74) is 0.734. The molecule has 1 atom stereocenters. The lowest BCUT2D eigenvalue weighted by molar-refractivity contribution is -0.164. The molecule has 0 bridgehead atoms. The van der Waals surface area contributed by atoms with Crippen LogP contribution in [-0.2, 0) is 9.59 Å². The summed E-state index contributed by atoms with van der Waals surface area (Å²) in [6.07, 6.45) is 7.20. The first-order chi connectivity index (χ1) is 29.9. The number of carbonyl (C=O) groups excluding carboxylic acids is 5. The van der Waals surface area contributed by atoms with Crippen molar-refractivity contribution in [1.82, 2.24) is 30.4 Å². The van der Waals surface area contributed by atoms with Crippen LogP contribution in [0.1, 0.15) is 117 Å².